The largest absolute Gasteiger partial charge is 0.329 e. The highest BCUT2D eigenvalue weighted by atomic mass is 15.2. The molecule has 1 heterocycles. The van der Waals surface area contributed by atoms with Crippen molar-refractivity contribution < 1.29 is 0 Å². The normalized spacial score (nSPS) is 28.0. The number of rotatable bonds is 5. The fraction of sp³-hybridized carbons (Fsp3) is 0.846. The molecule has 1 unspecified atom stereocenters. The Morgan fingerprint density at radius 2 is 2.19 bits per heavy atom. The fourth-order valence-electron chi connectivity index (χ4n) is 2.47. The first-order valence-electron chi connectivity index (χ1n) is 6.43. The minimum atomic E-state index is 0.137. The number of nitrogens with one attached hydrogen (secondary N) is 1. The molecule has 0 aromatic carbocycles. The van der Waals surface area contributed by atoms with Gasteiger partial charge in [0.25, 0.3) is 0 Å². The molecular formula is C13H27N3. The average molecular weight is 225 g/mol. The molecule has 1 aliphatic rings. The van der Waals surface area contributed by atoms with Gasteiger partial charge in [-0.2, -0.15) is 0 Å². The van der Waals surface area contributed by atoms with Crippen molar-refractivity contribution in [2.24, 2.45) is 5.73 Å². The second kappa shape index (κ2) is 6.38. The minimum absolute atomic E-state index is 0.137. The Morgan fingerprint density at radius 3 is 2.75 bits per heavy atom. The molecular weight excluding hydrogens is 198 g/mol. The van der Waals surface area contributed by atoms with Crippen LogP contribution in [0.5, 0.6) is 0 Å². The van der Waals surface area contributed by atoms with Crippen molar-refractivity contribution in [3.63, 3.8) is 0 Å². The summed E-state index contributed by atoms with van der Waals surface area (Å²) in [5.74, 6) is 0. The van der Waals surface area contributed by atoms with E-state index in [9.17, 15) is 0 Å². The van der Waals surface area contributed by atoms with Gasteiger partial charge in [-0.1, -0.05) is 6.08 Å². The second-order valence-corrected chi connectivity index (χ2v) is 5.14. The summed E-state index contributed by atoms with van der Waals surface area (Å²) in [6.07, 6.45) is 5.48. The molecule has 3 heteroatoms. The van der Waals surface area contributed by atoms with Crippen LogP contribution < -0.4 is 11.1 Å². The maximum Gasteiger partial charge on any atom is 0.0319 e. The first-order chi connectivity index (χ1) is 7.63. The van der Waals surface area contributed by atoms with Gasteiger partial charge in [-0.05, 0) is 39.7 Å². The van der Waals surface area contributed by atoms with E-state index >= 15 is 0 Å². The maximum absolute atomic E-state index is 5.95. The molecule has 0 saturated carbocycles. The van der Waals surface area contributed by atoms with Gasteiger partial charge < -0.3 is 16.0 Å². The van der Waals surface area contributed by atoms with E-state index < -0.39 is 0 Å². The van der Waals surface area contributed by atoms with Crippen molar-refractivity contribution >= 4 is 0 Å². The molecule has 1 aliphatic heterocycles. The lowest BCUT2D eigenvalue weighted by Crippen LogP contribution is -2.51. The van der Waals surface area contributed by atoms with E-state index in [1.54, 1.807) is 0 Å². The Morgan fingerprint density at radius 1 is 1.44 bits per heavy atom. The number of likely N-dealkylation sites (tertiary alicyclic amines) is 1. The molecule has 0 amide bonds. The Kier molecular flexibility index (Phi) is 5.46. The summed E-state index contributed by atoms with van der Waals surface area (Å²) in [6.45, 7) is 12.2. The van der Waals surface area contributed by atoms with E-state index in [4.69, 9.17) is 5.73 Å². The van der Waals surface area contributed by atoms with Gasteiger partial charge in [0.15, 0.2) is 0 Å². The summed E-state index contributed by atoms with van der Waals surface area (Å²) in [4.78, 5) is 2.55. The predicted octanol–water partition coefficient (Wildman–Crippen LogP) is 1.35. The third-order valence-electron chi connectivity index (χ3n) is 3.72. The van der Waals surface area contributed by atoms with Crippen molar-refractivity contribution in [2.75, 3.05) is 26.2 Å². The molecule has 0 radical (unpaired) electrons. The summed E-state index contributed by atoms with van der Waals surface area (Å²) >= 11 is 0. The predicted molar refractivity (Wildman–Crippen MR) is 70.5 cm³/mol. The number of nitrogens with zero attached hydrogens (tertiary/aromatic N) is 1. The molecule has 0 bridgehead atoms. The van der Waals surface area contributed by atoms with Crippen molar-refractivity contribution in [2.45, 2.75) is 44.7 Å². The van der Waals surface area contributed by atoms with E-state index in [0.717, 1.165) is 26.1 Å². The highest BCUT2D eigenvalue weighted by Crippen LogP contribution is 2.22. The molecule has 16 heavy (non-hydrogen) atoms. The summed E-state index contributed by atoms with van der Waals surface area (Å²) in [7, 11) is 0. The monoisotopic (exact) mass is 225 g/mol. The van der Waals surface area contributed by atoms with E-state index in [2.05, 4.69) is 30.6 Å². The Bertz CT molecular complexity index is 215. The summed E-state index contributed by atoms with van der Waals surface area (Å²) in [5, 5.41) is 3.56. The average Bonchev–Trinajstić information content (AvgIpc) is 2.49. The quantitative estimate of drug-likeness (QED) is 0.694. The lowest BCUT2D eigenvalue weighted by Gasteiger charge is -2.33. The molecule has 1 saturated heterocycles. The number of nitrogens with two attached hydrogens (primary N) is 1. The third kappa shape index (κ3) is 3.58. The van der Waals surface area contributed by atoms with Crippen molar-refractivity contribution in [3.05, 3.63) is 12.7 Å². The first-order valence-corrected chi connectivity index (χ1v) is 6.43. The van der Waals surface area contributed by atoms with Gasteiger partial charge >= 0.3 is 0 Å². The lowest BCUT2D eigenvalue weighted by molar-refractivity contribution is 0.220. The summed E-state index contributed by atoms with van der Waals surface area (Å²) in [6, 6.07) is 0.646. The van der Waals surface area contributed by atoms with Gasteiger partial charge in [-0.3, -0.25) is 0 Å². The lowest BCUT2D eigenvalue weighted by atomic mass is 9.90. The zero-order chi connectivity index (χ0) is 12.0. The molecule has 0 aromatic rings. The van der Waals surface area contributed by atoms with Crippen LogP contribution in [0.25, 0.3) is 0 Å². The van der Waals surface area contributed by atoms with E-state index in [1.807, 2.05) is 6.08 Å². The molecule has 0 spiro atoms. The van der Waals surface area contributed by atoms with Crippen molar-refractivity contribution in [3.8, 4) is 0 Å². The van der Waals surface area contributed by atoms with Crippen LogP contribution >= 0.6 is 0 Å². The van der Waals surface area contributed by atoms with Gasteiger partial charge in [0.05, 0.1) is 0 Å². The highest BCUT2D eigenvalue weighted by Gasteiger charge is 2.30. The first kappa shape index (κ1) is 13.7. The zero-order valence-corrected chi connectivity index (χ0v) is 10.8. The van der Waals surface area contributed by atoms with Gasteiger partial charge in [0.1, 0.15) is 0 Å². The van der Waals surface area contributed by atoms with Crippen LogP contribution in [0.15, 0.2) is 12.7 Å². The zero-order valence-electron chi connectivity index (χ0n) is 10.8. The van der Waals surface area contributed by atoms with Crippen LogP contribution in [0.2, 0.25) is 0 Å². The Balaban J connectivity index is 2.56. The molecule has 1 fully saturated rings. The smallest absolute Gasteiger partial charge is 0.0319 e. The highest BCUT2D eigenvalue weighted by molar-refractivity contribution is 4.94. The van der Waals surface area contributed by atoms with Gasteiger partial charge in [-0.25, -0.2) is 0 Å². The van der Waals surface area contributed by atoms with Crippen LogP contribution in [0, 0.1) is 0 Å². The molecule has 94 valence electrons. The summed E-state index contributed by atoms with van der Waals surface area (Å²) < 4.78 is 0. The molecule has 0 aromatic heterocycles. The maximum atomic E-state index is 5.95. The molecule has 3 nitrogen and oxygen atoms in total. The molecule has 1 atom stereocenters. The van der Waals surface area contributed by atoms with Gasteiger partial charge in [-0.15, -0.1) is 6.58 Å². The fourth-order valence-corrected chi connectivity index (χ4v) is 2.47. The Labute approximate surface area is 100 Å². The standard InChI is InChI=1S/C13H27N3/c1-4-8-15-13(11-14)6-5-9-16(10-7-13)12(2)3/h4,12,15H,1,5-11,14H2,2-3H3. The van der Waals surface area contributed by atoms with Crippen LogP contribution in [-0.2, 0) is 0 Å². The van der Waals surface area contributed by atoms with Crippen LogP contribution in [0.4, 0.5) is 0 Å². The second-order valence-electron chi connectivity index (χ2n) is 5.14. The topological polar surface area (TPSA) is 41.3 Å². The SMILES string of the molecule is C=CCNC1(CN)CCCN(C(C)C)CC1. The van der Waals surface area contributed by atoms with Crippen LogP contribution in [0.1, 0.15) is 33.1 Å². The van der Waals surface area contributed by atoms with Crippen molar-refractivity contribution in [1.82, 2.24) is 10.2 Å². The van der Waals surface area contributed by atoms with Gasteiger partial charge in [0, 0.05) is 31.2 Å². The summed E-state index contributed by atoms with van der Waals surface area (Å²) in [5.41, 5.74) is 6.09. The molecule has 1 rings (SSSR count). The van der Waals surface area contributed by atoms with E-state index in [0.29, 0.717) is 6.04 Å². The minimum Gasteiger partial charge on any atom is -0.329 e. The van der Waals surface area contributed by atoms with Crippen LogP contribution in [0.3, 0.4) is 0 Å². The van der Waals surface area contributed by atoms with Gasteiger partial charge in [0.2, 0.25) is 0 Å². The third-order valence-corrected chi connectivity index (χ3v) is 3.72. The van der Waals surface area contributed by atoms with E-state index in [-0.39, 0.29) is 5.54 Å². The molecule has 0 aliphatic carbocycles. The van der Waals surface area contributed by atoms with Crippen LogP contribution in [-0.4, -0.2) is 42.7 Å². The number of hydrogen-bond donors (Lipinski definition) is 2. The molecule has 3 N–H and O–H groups in total. The number of hydrogen-bond acceptors (Lipinski definition) is 3. The Hall–Kier alpha value is -0.380. The van der Waals surface area contributed by atoms with Crippen molar-refractivity contribution in [1.29, 1.82) is 0 Å². The van der Waals surface area contributed by atoms with E-state index in [1.165, 1.54) is 19.4 Å².